The highest BCUT2D eigenvalue weighted by atomic mass is 127. The van der Waals surface area contributed by atoms with Crippen molar-refractivity contribution in [3.63, 3.8) is 0 Å². The van der Waals surface area contributed by atoms with Crippen LogP contribution in [-0.4, -0.2) is 24.9 Å². The second kappa shape index (κ2) is 9.32. The van der Waals surface area contributed by atoms with E-state index in [1.165, 1.54) is 19.1 Å². The predicted octanol–water partition coefficient (Wildman–Crippen LogP) is 4.72. The van der Waals surface area contributed by atoms with Crippen molar-refractivity contribution in [1.29, 1.82) is 0 Å². The standard InChI is InChI=1S/C20H18I2O7S/c1-11(2)18(23)29-20(3,4)15-9-13(21)10-16(22)17(15)28-19(24)12-5-7-14(8-6-12)30(25,26)27/h5-10H,1H2,2-4H3,(H,25,26,27). The molecular weight excluding hydrogens is 638 g/mol. The second-order valence-electron chi connectivity index (χ2n) is 6.83. The van der Waals surface area contributed by atoms with Crippen LogP contribution < -0.4 is 4.74 Å². The van der Waals surface area contributed by atoms with E-state index >= 15 is 0 Å². The van der Waals surface area contributed by atoms with Gasteiger partial charge in [0.2, 0.25) is 0 Å². The fourth-order valence-electron chi connectivity index (χ4n) is 2.40. The Morgan fingerprint density at radius 3 is 2.17 bits per heavy atom. The number of esters is 2. The number of halogens is 2. The Hall–Kier alpha value is -1.51. The number of hydrogen-bond acceptors (Lipinski definition) is 6. The summed E-state index contributed by atoms with van der Waals surface area (Å²) >= 11 is 4.12. The van der Waals surface area contributed by atoms with E-state index in [9.17, 15) is 18.0 Å². The van der Waals surface area contributed by atoms with Crippen LogP contribution in [0, 0.1) is 7.14 Å². The molecule has 0 fully saturated rings. The molecule has 2 rings (SSSR count). The molecule has 1 N–H and O–H groups in total. The fraction of sp³-hybridized carbons (Fsp3) is 0.200. The van der Waals surface area contributed by atoms with Crippen LogP contribution in [0.5, 0.6) is 5.75 Å². The van der Waals surface area contributed by atoms with Crippen molar-refractivity contribution in [2.24, 2.45) is 0 Å². The SMILES string of the molecule is C=C(C)C(=O)OC(C)(C)c1cc(I)cc(I)c1OC(=O)c1ccc(S(=O)(=O)O)cc1. The highest BCUT2D eigenvalue weighted by Gasteiger charge is 2.32. The van der Waals surface area contributed by atoms with Gasteiger partial charge in [-0.05, 0) is 102 Å². The molecule has 2 aromatic rings. The van der Waals surface area contributed by atoms with Crippen LogP contribution in [0.25, 0.3) is 0 Å². The molecule has 2 aromatic carbocycles. The van der Waals surface area contributed by atoms with E-state index in [2.05, 4.69) is 29.2 Å². The molecule has 30 heavy (non-hydrogen) atoms. The average Bonchev–Trinajstić information content (AvgIpc) is 2.62. The number of rotatable bonds is 6. The van der Waals surface area contributed by atoms with Crippen molar-refractivity contribution < 1.29 is 32.0 Å². The molecule has 0 saturated heterocycles. The average molecular weight is 656 g/mol. The van der Waals surface area contributed by atoms with Crippen LogP contribution in [0.15, 0.2) is 53.4 Å². The molecule has 0 spiro atoms. The molecule has 0 aliphatic carbocycles. The van der Waals surface area contributed by atoms with Gasteiger partial charge in [-0.3, -0.25) is 4.55 Å². The Kier molecular flexibility index (Phi) is 7.69. The van der Waals surface area contributed by atoms with Gasteiger partial charge in [-0.25, -0.2) is 9.59 Å². The summed E-state index contributed by atoms with van der Waals surface area (Å²) in [6.07, 6.45) is 0. The van der Waals surface area contributed by atoms with Crippen LogP contribution in [0.4, 0.5) is 0 Å². The first-order valence-corrected chi connectivity index (χ1v) is 12.0. The molecule has 0 heterocycles. The fourth-order valence-corrected chi connectivity index (χ4v) is 4.83. The summed E-state index contributed by atoms with van der Waals surface area (Å²) in [5, 5.41) is 0. The third kappa shape index (κ3) is 6.02. The van der Waals surface area contributed by atoms with Gasteiger partial charge in [-0.1, -0.05) is 6.58 Å². The molecule has 0 bridgehead atoms. The van der Waals surface area contributed by atoms with Crippen LogP contribution in [-0.2, 0) is 25.3 Å². The van der Waals surface area contributed by atoms with Gasteiger partial charge in [-0.15, -0.1) is 0 Å². The number of ether oxygens (including phenoxy) is 2. The molecule has 7 nitrogen and oxygen atoms in total. The van der Waals surface area contributed by atoms with Crippen molar-refractivity contribution >= 4 is 67.2 Å². The van der Waals surface area contributed by atoms with Gasteiger partial charge in [0.05, 0.1) is 14.0 Å². The quantitative estimate of drug-likeness (QED) is 0.158. The molecule has 0 saturated carbocycles. The molecule has 0 aliphatic rings. The number of benzene rings is 2. The van der Waals surface area contributed by atoms with E-state index in [0.29, 0.717) is 9.13 Å². The van der Waals surface area contributed by atoms with Crippen molar-refractivity contribution in [3.05, 3.63) is 66.8 Å². The van der Waals surface area contributed by atoms with Gasteiger partial charge in [0.15, 0.2) is 5.75 Å². The summed E-state index contributed by atoms with van der Waals surface area (Å²) in [6.45, 7) is 8.46. The van der Waals surface area contributed by atoms with Crippen LogP contribution in [0.3, 0.4) is 0 Å². The molecule has 0 unspecified atom stereocenters. The Morgan fingerprint density at radius 1 is 1.10 bits per heavy atom. The lowest BCUT2D eigenvalue weighted by molar-refractivity contribution is -0.152. The van der Waals surface area contributed by atoms with Gasteiger partial charge in [0.1, 0.15) is 5.60 Å². The molecule has 160 valence electrons. The zero-order chi connectivity index (χ0) is 22.9. The smallest absolute Gasteiger partial charge is 0.343 e. The monoisotopic (exact) mass is 656 g/mol. The lowest BCUT2D eigenvalue weighted by Gasteiger charge is -2.28. The first-order valence-electron chi connectivity index (χ1n) is 8.40. The van der Waals surface area contributed by atoms with Crippen molar-refractivity contribution in [1.82, 2.24) is 0 Å². The number of carbonyl (C=O) groups excluding carboxylic acids is 2. The third-order valence-corrected chi connectivity index (χ3v) is 6.23. The zero-order valence-electron chi connectivity index (χ0n) is 16.2. The number of hydrogen-bond donors (Lipinski definition) is 1. The van der Waals surface area contributed by atoms with Crippen molar-refractivity contribution in [2.45, 2.75) is 31.3 Å². The minimum atomic E-state index is -4.37. The highest BCUT2D eigenvalue weighted by molar-refractivity contribution is 14.1. The van der Waals surface area contributed by atoms with Crippen LogP contribution >= 0.6 is 45.2 Å². The lowest BCUT2D eigenvalue weighted by atomic mass is 9.96. The second-order valence-corrected chi connectivity index (χ2v) is 10.7. The lowest BCUT2D eigenvalue weighted by Crippen LogP contribution is -2.27. The summed E-state index contributed by atoms with van der Waals surface area (Å²) in [6, 6.07) is 8.21. The van der Waals surface area contributed by atoms with Crippen molar-refractivity contribution in [2.75, 3.05) is 0 Å². The maximum Gasteiger partial charge on any atom is 0.343 e. The molecule has 0 radical (unpaired) electrons. The first kappa shape index (κ1) is 24.8. The van der Waals surface area contributed by atoms with Gasteiger partial charge in [0.25, 0.3) is 10.1 Å². The third-order valence-electron chi connectivity index (χ3n) is 3.94. The summed E-state index contributed by atoms with van der Waals surface area (Å²) in [5.74, 6) is -1.09. The van der Waals surface area contributed by atoms with Crippen LogP contribution in [0.1, 0.15) is 36.7 Å². The minimum absolute atomic E-state index is 0.0828. The maximum atomic E-state index is 12.7. The van der Waals surface area contributed by atoms with Gasteiger partial charge < -0.3 is 9.47 Å². The zero-order valence-corrected chi connectivity index (χ0v) is 21.4. The Balaban J connectivity index is 2.43. The molecule has 0 aliphatic heterocycles. The molecule has 0 aromatic heterocycles. The van der Waals surface area contributed by atoms with E-state index < -0.39 is 27.7 Å². The van der Waals surface area contributed by atoms with E-state index in [1.807, 2.05) is 22.6 Å². The van der Waals surface area contributed by atoms with Gasteiger partial charge in [-0.2, -0.15) is 8.42 Å². The van der Waals surface area contributed by atoms with Crippen LogP contribution in [0.2, 0.25) is 0 Å². The topological polar surface area (TPSA) is 107 Å². The number of carbonyl (C=O) groups is 2. The van der Waals surface area contributed by atoms with E-state index in [0.717, 1.165) is 15.7 Å². The van der Waals surface area contributed by atoms with Gasteiger partial charge >= 0.3 is 11.9 Å². The van der Waals surface area contributed by atoms with E-state index in [4.69, 9.17) is 14.0 Å². The summed E-state index contributed by atoms with van der Waals surface area (Å²) < 4.78 is 44.0. The van der Waals surface area contributed by atoms with E-state index in [1.54, 1.807) is 26.0 Å². The summed E-state index contributed by atoms with van der Waals surface area (Å²) in [5.41, 5.74) is -0.321. The molecule has 10 heteroatoms. The maximum absolute atomic E-state index is 12.7. The Morgan fingerprint density at radius 2 is 1.67 bits per heavy atom. The largest absolute Gasteiger partial charge is 0.451 e. The van der Waals surface area contributed by atoms with Gasteiger partial charge in [0, 0.05) is 14.7 Å². The Labute approximate surface area is 201 Å². The predicted molar refractivity (Wildman–Crippen MR) is 127 cm³/mol. The first-order chi connectivity index (χ1) is 13.7. The van der Waals surface area contributed by atoms with Crippen molar-refractivity contribution in [3.8, 4) is 5.75 Å². The Bertz CT molecular complexity index is 1120. The normalized spacial score (nSPS) is 11.7. The summed E-state index contributed by atoms with van der Waals surface area (Å²) in [4.78, 5) is 24.4. The summed E-state index contributed by atoms with van der Waals surface area (Å²) in [7, 11) is -4.37. The molecular formula is C20H18I2O7S. The molecule has 0 amide bonds. The molecule has 0 atom stereocenters. The van der Waals surface area contributed by atoms with E-state index in [-0.39, 0.29) is 21.8 Å². The minimum Gasteiger partial charge on any atom is -0.451 e. The highest BCUT2D eigenvalue weighted by Crippen LogP contribution is 2.38.